The minimum atomic E-state index is -1.13. The molecule has 3 fully saturated rings. The highest BCUT2D eigenvalue weighted by molar-refractivity contribution is 8.76. The van der Waals surface area contributed by atoms with Crippen molar-refractivity contribution in [3.63, 3.8) is 0 Å². The molecule has 83 heavy (non-hydrogen) atoms. The number of carbonyl (C=O) groups excluding carboxylic acids is 1. The number of hydrogen-bond donors (Lipinski definition) is 10. The first-order chi connectivity index (χ1) is 40.2. The summed E-state index contributed by atoms with van der Waals surface area (Å²) in [5, 5.41) is 100. The Labute approximate surface area is 495 Å². The zero-order valence-electron chi connectivity index (χ0n) is 48.0. The van der Waals surface area contributed by atoms with Crippen LogP contribution >= 0.6 is 21.6 Å². The van der Waals surface area contributed by atoms with E-state index in [0.29, 0.717) is 68.3 Å². The van der Waals surface area contributed by atoms with E-state index in [1.54, 1.807) is 18.2 Å². The Morgan fingerprint density at radius 3 is 2.57 bits per heavy atom. The zero-order valence-corrected chi connectivity index (χ0v) is 49.7. The Bertz CT molecular complexity index is 2880. The van der Waals surface area contributed by atoms with E-state index >= 15 is 0 Å². The number of nitrogens with one attached hydrogen (secondary N) is 2. The molecule has 5 aliphatic heterocycles. The van der Waals surface area contributed by atoms with Crippen molar-refractivity contribution in [2.24, 2.45) is 40.9 Å². The number of benzene rings is 3. The van der Waals surface area contributed by atoms with Crippen LogP contribution in [0.1, 0.15) is 137 Å². The maximum atomic E-state index is 13.0. The molecule has 2 aliphatic carbocycles. The molecule has 454 valence electrons. The number of nitrogens with zero attached hydrogens (tertiary/aromatic N) is 1. The normalized spacial score (nSPS) is 33.4. The van der Waals surface area contributed by atoms with Gasteiger partial charge in [-0.3, -0.25) is 4.79 Å². The van der Waals surface area contributed by atoms with Crippen molar-refractivity contribution in [2.45, 2.75) is 171 Å². The zero-order chi connectivity index (χ0) is 58.2. The number of phenolic OH excluding ortho intramolecular Hbond substituents is 2. The standard InChI is InChI=1S/C64H87N3O14S2/c1-38-10-13-43-14-17-53(70)48-28-62(75)66-52(48)9-6-20-78-35-67-32-42-7-5-8-46(50(42)33-67)55(72)29-61-47-27-56(73)58(81-45-16-12-41-31-65-19-4-3-18-64(43,30-38)51(41)25-45)24-40(47)11-15-44(79-36-68)26-54(71)49(57(74)34-82-83-61)21-39-22-59(77-2)63(76)60(23-39)80-37-69/h5,7-8,22-24,27,32-33,38,41,43-45,48-49,51-55,57,61,65,68-74,76H,4,6,9-17,19-21,25-26,28-31,34-37H2,1-2H3,(H,66,75)/t38-,41+,43-,44-,45-,48-,49+,51+,52+,53-,54+,55+,57-,61-,64-/m0/s1. The number of carbonyl (C=O) groups is 1. The minimum absolute atomic E-state index is 0.0163. The molecule has 0 unspecified atom stereocenters. The van der Waals surface area contributed by atoms with Gasteiger partial charge in [0.2, 0.25) is 11.7 Å². The highest BCUT2D eigenvalue weighted by atomic mass is 33.1. The summed E-state index contributed by atoms with van der Waals surface area (Å²) in [6.45, 7) is 3.48. The lowest BCUT2D eigenvalue weighted by Gasteiger charge is -2.53. The van der Waals surface area contributed by atoms with E-state index in [1.807, 2.05) is 41.2 Å². The molecule has 3 aromatic carbocycles. The van der Waals surface area contributed by atoms with Gasteiger partial charge in [-0.15, -0.1) is 5.92 Å². The number of aromatic nitrogens is 1. The van der Waals surface area contributed by atoms with Crippen molar-refractivity contribution >= 4 is 38.3 Å². The van der Waals surface area contributed by atoms with E-state index in [-0.39, 0.29) is 96.0 Å². The maximum absolute atomic E-state index is 13.0. The largest absolute Gasteiger partial charge is 0.504 e. The van der Waals surface area contributed by atoms with Crippen LogP contribution in [0.25, 0.3) is 10.8 Å². The van der Waals surface area contributed by atoms with Crippen LogP contribution < -0.4 is 24.8 Å². The van der Waals surface area contributed by atoms with E-state index in [2.05, 4.69) is 29.4 Å². The van der Waals surface area contributed by atoms with E-state index in [4.69, 9.17) is 23.7 Å². The lowest BCUT2D eigenvalue weighted by atomic mass is 9.51. The van der Waals surface area contributed by atoms with E-state index in [9.17, 15) is 45.6 Å². The molecule has 7 aliphatic rings. The molecule has 19 heteroatoms. The average Bonchev–Trinajstić information content (AvgIpc) is 2.63. The number of methoxy groups -OCH3 is 1. The number of hydrogen-bond acceptors (Lipinski definition) is 17. The van der Waals surface area contributed by atoms with Crippen molar-refractivity contribution in [2.75, 3.05) is 46.1 Å². The van der Waals surface area contributed by atoms with Gasteiger partial charge in [0.05, 0.1) is 43.7 Å². The monoisotopic (exact) mass is 1190 g/mol. The Hall–Kier alpha value is -4.43. The van der Waals surface area contributed by atoms with E-state index in [1.165, 1.54) is 28.7 Å². The fraction of sp³-hybridized carbons (Fsp3) is 0.641. The summed E-state index contributed by atoms with van der Waals surface area (Å²) in [5.74, 6) is 8.17. The van der Waals surface area contributed by atoms with Crippen LogP contribution in [0.15, 0.2) is 54.9 Å². The highest BCUT2D eigenvalue weighted by Gasteiger charge is 2.52. The minimum Gasteiger partial charge on any atom is -0.504 e. The summed E-state index contributed by atoms with van der Waals surface area (Å²) in [6.07, 6.45) is 9.72. The first kappa shape index (κ1) is 61.7. The fourth-order valence-corrected chi connectivity index (χ4v) is 17.9. The van der Waals surface area contributed by atoms with Crippen molar-refractivity contribution < 1.29 is 69.3 Å². The topological polar surface area (TPSA) is 254 Å². The third kappa shape index (κ3) is 14.5. The summed E-state index contributed by atoms with van der Waals surface area (Å²) in [5.41, 5.74) is 2.62. The van der Waals surface area contributed by atoms with Crippen molar-refractivity contribution in [1.82, 2.24) is 15.2 Å². The van der Waals surface area contributed by atoms with Gasteiger partial charge in [0.1, 0.15) is 13.5 Å². The average molecular weight is 1190 g/mol. The number of aromatic hydroxyl groups is 2. The van der Waals surface area contributed by atoms with Crippen molar-refractivity contribution in [3.8, 4) is 40.6 Å². The Balaban J connectivity index is 1.02. The van der Waals surface area contributed by atoms with Crippen molar-refractivity contribution in [1.29, 1.82) is 0 Å². The molecule has 1 amide bonds. The number of amides is 1. The molecule has 15 atom stereocenters. The molecule has 8 bridgehead atoms. The Morgan fingerprint density at radius 2 is 1.73 bits per heavy atom. The summed E-state index contributed by atoms with van der Waals surface area (Å²) in [4.78, 5) is 13.0. The van der Waals surface area contributed by atoms with Crippen LogP contribution in [-0.4, -0.2) is 134 Å². The first-order valence-corrected chi connectivity index (χ1v) is 32.7. The van der Waals surface area contributed by atoms with Gasteiger partial charge in [-0.2, -0.15) is 0 Å². The Morgan fingerprint density at radius 1 is 0.892 bits per heavy atom. The van der Waals surface area contributed by atoms with Crippen LogP contribution in [0.5, 0.6) is 28.7 Å². The number of fused-ring (bicyclic) bond motifs is 8. The summed E-state index contributed by atoms with van der Waals surface area (Å²) in [6, 6.07) is 12.6. The molecule has 4 aromatic rings. The predicted octanol–water partition coefficient (Wildman–Crippen LogP) is 8.18. The Kier molecular flexibility index (Phi) is 21.1. The van der Waals surface area contributed by atoms with Crippen LogP contribution in [0.4, 0.5) is 0 Å². The van der Waals surface area contributed by atoms with Gasteiger partial charge < -0.3 is 79.7 Å². The van der Waals surface area contributed by atoms with Gasteiger partial charge in [0.25, 0.3) is 0 Å². The summed E-state index contributed by atoms with van der Waals surface area (Å²) < 4.78 is 32.1. The van der Waals surface area contributed by atoms with Gasteiger partial charge in [0, 0.05) is 78.1 Å². The second-order valence-electron chi connectivity index (χ2n) is 24.5. The van der Waals surface area contributed by atoms with E-state index in [0.717, 1.165) is 91.9 Å². The quantitative estimate of drug-likeness (QED) is 0.0476. The molecule has 0 radical (unpaired) electrons. The maximum Gasteiger partial charge on any atom is 0.220 e. The third-order valence-corrected chi connectivity index (χ3v) is 22.0. The van der Waals surface area contributed by atoms with Gasteiger partial charge in [-0.1, -0.05) is 59.1 Å². The molecule has 6 heterocycles. The number of ether oxygens (including phenoxy) is 5. The smallest absolute Gasteiger partial charge is 0.220 e. The van der Waals surface area contributed by atoms with Gasteiger partial charge in [0.15, 0.2) is 29.8 Å². The number of aliphatic hydroxyl groups excluding tert-OH is 6. The lowest BCUT2D eigenvalue weighted by Crippen LogP contribution is -2.50. The predicted molar refractivity (Wildman–Crippen MR) is 319 cm³/mol. The lowest BCUT2D eigenvalue weighted by molar-refractivity contribution is -0.119. The second kappa shape index (κ2) is 28.4. The molecular weight excluding hydrogens is 1100 g/mol. The van der Waals surface area contributed by atoms with E-state index < -0.39 is 55.3 Å². The highest BCUT2D eigenvalue weighted by Crippen LogP contribution is 2.57. The molecule has 2 saturated carbocycles. The van der Waals surface area contributed by atoms with Gasteiger partial charge >= 0.3 is 0 Å². The molecular formula is C64H87N3O14S2. The molecule has 11 rings (SSSR count). The summed E-state index contributed by atoms with van der Waals surface area (Å²) >= 11 is 0. The van der Waals surface area contributed by atoms with Crippen molar-refractivity contribution in [3.05, 3.63) is 77.1 Å². The van der Waals surface area contributed by atoms with Gasteiger partial charge in [-0.25, -0.2) is 0 Å². The number of phenols is 2. The molecule has 17 nitrogen and oxygen atoms in total. The number of aryl methyl sites for hydroxylation is 1. The SMILES string of the molecule is COc1cc(C[C@@H]2[C@H](O)C[C@@H](OCO)CCc3cc4c(O)cc3[C@H](C[C@@H](O)c3cccc5cn(cc35)COCCC[C@H]3NC(=O)C[C@@H]3[C@@H](O)CC[C@@H]3CC[C@H](C)C[C@@]35C#CCCNC[C@H]3CC[C@@H](C[C@H]35)O4)SSC[C@@H]2O)cc(OCO)c1O. The summed E-state index contributed by atoms with van der Waals surface area (Å²) in [7, 11) is 4.28. The molecule has 1 saturated heterocycles. The molecule has 1 aromatic heterocycles. The number of rotatable bonds is 7. The van der Waals surface area contributed by atoms with Crippen LogP contribution in [0, 0.1) is 52.8 Å². The molecule has 1 spiro atoms. The van der Waals surface area contributed by atoms with Crippen LogP contribution in [0.3, 0.4) is 0 Å². The third-order valence-electron chi connectivity index (χ3n) is 19.2. The van der Waals surface area contributed by atoms with Gasteiger partial charge in [-0.05, 0) is 172 Å². The second-order valence-corrected chi connectivity index (χ2v) is 27.2. The fourth-order valence-electron chi connectivity index (χ4n) is 15.0. The molecule has 10 N–H and O–H groups in total. The van der Waals surface area contributed by atoms with Crippen LogP contribution in [0.2, 0.25) is 0 Å². The first-order valence-electron chi connectivity index (χ1n) is 30.3. The number of aliphatic hydroxyl groups is 6. The van der Waals surface area contributed by atoms with Crippen LogP contribution in [-0.2, 0) is 33.8 Å².